The number of rotatable bonds is 3. The summed E-state index contributed by atoms with van der Waals surface area (Å²) in [4.78, 5) is 24.6. The second-order valence-electron chi connectivity index (χ2n) is 8.38. The lowest BCUT2D eigenvalue weighted by Gasteiger charge is -2.26. The van der Waals surface area contributed by atoms with Crippen molar-refractivity contribution in [2.75, 3.05) is 29.9 Å². The average molecular weight is 457 g/mol. The Labute approximate surface area is 187 Å². The number of amides is 2. The SMILES string of the molecule is O=C(Nc1ccnc2ccc(N3C[C@@H](F)C[C@@H]3c3cc(F)ccc3F)nc12)N1CCC(O)C1. The van der Waals surface area contributed by atoms with Crippen molar-refractivity contribution >= 4 is 28.6 Å². The first-order valence-electron chi connectivity index (χ1n) is 10.7. The summed E-state index contributed by atoms with van der Waals surface area (Å²) in [5, 5.41) is 12.5. The predicted octanol–water partition coefficient (Wildman–Crippen LogP) is 3.80. The number of nitrogens with zero attached hydrogens (tertiary/aromatic N) is 4. The number of fused-ring (bicyclic) bond motifs is 1. The number of hydrogen-bond donors (Lipinski definition) is 2. The Bertz CT molecular complexity index is 1210. The van der Waals surface area contributed by atoms with E-state index in [4.69, 9.17) is 0 Å². The fourth-order valence-corrected chi connectivity index (χ4v) is 4.50. The zero-order chi connectivity index (χ0) is 23.1. The van der Waals surface area contributed by atoms with Crippen LogP contribution < -0.4 is 10.2 Å². The quantitative estimate of drug-likeness (QED) is 0.626. The monoisotopic (exact) mass is 457 g/mol. The van der Waals surface area contributed by atoms with Gasteiger partial charge in [-0.05, 0) is 42.8 Å². The number of aliphatic hydroxyl groups excluding tert-OH is 1. The fraction of sp³-hybridized carbons (Fsp3) is 0.348. The van der Waals surface area contributed by atoms with Gasteiger partial charge in [0.05, 0.1) is 29.9 Å². The Morgan fingerprint density at radius 2 is 2.00 bits per heavy atom. The molecule has 3 atom stereocenters. The molecule has 2 N–H and O–H groups in total. The minimum atomic E-state index is -1.23. The van der Waals surface area contributed by atoms with Crippen LogP contribution in [0, 0.1) is 11.6 Å². The molecule has 0 aliphatic carbocycles. The molecule has 2 saturated heterocycles. The summed E-state index contributed by atoms with van der Waals surface area (Å²) in [5.41, 5.74) is 1.40. The molecule has 33 heavy (non-hydrogen) atoms. The number of β-amino-alcohol motifs (C(OH)–C–C–N with tert-alkyl or cyclic N) is 1. The molecule has 5 rings (SSSR count). The summed E-state index contributed by atoms with van der Waals surface area (Å²) >= 11 is 0. The molecule has 2 aliphatic rings. The number of aliphatic hydroxyl groups is 1. The number of anilines is 2. The number of carbonyl (C=O) groups is 1. The second kappa shape index (κ2) is 8.51. The van der Waals surface area contributed by atoms with Crippen molar-refractivity contribution in [2.45, 2.75) is 31.2 Å². The molecular formula is C23H22F3N5O2. The van der Waals surface area contributed by atoms with Crippen LogP contribution in [-0.2, 0) is 0 Å². The molecule has 2 amide bonds. The highest BCUT2D eigenvalue weighted by Gasteiger charge is 2.36. The Morgan fingerprint density at radius 1 is 1.15 bits per heavy atom. The zero-order valence-corrected chi connectivity index (χ0v) is 17.6. The normalized spacial score (nSPS) is 22.8. The first kappa shape index (κ1) is 21.4. The van der Waals surface area contributed by atoms with Gasteiger partial charge in [0.15, 0.2) is 0 Å². The van der Waals surface area contributed by atoms with Gasteiger partial charge < -0.3 is 20.2 Å². The fourth-order valence-electron chi connectivity index (χ4n) is 4.50. The van der Waals surface area contributed by atoms with E-state index in [2.05, 4.69) is 15.3 Å². The van der Waals surface area contributed by atoms with Crippen LogP contribution in [0.5, 0.6) is 0 Å². The van der Waals surface area contributed by atoms with Crippen molar-refractivity contribution in [3.8, 4) is 0 Å². The maximum absolute atomic E-state index is 14.5. The van der Waals surface area contributed by atoms with Crippen molar-refractivity contribution in [2.24, 2.45) is 0 Å². The van der Waals surface area contributed by atoms with E-state index in [9.17, 15) is 23.1 Å². The Hall–Kier alpha value is -3.40. The molecule has 10 heteroatoms. The number of halogens is 3. The topological polar surface area (TPSA) is 81.6 Å². The highest BCUT2D eigenvalue weighted by Crippen LogP contribution is 2.38. The first-order chi connectivity index (χ1) is 15.9. The third-order valence-electron chi connectivity index (χ3n) is 6.12. The summed E-state index contributed by atoms with van der Waals surface area (Å²) in [6.45, 7) is 0.675. The van der Waals surface area contributed by atoms with Crippen LogP contribution in [0.2, 0.25) is 0 Å². The molecule has 2 aliphatic heterocycles. The van der Waals surface area contributed by atoms with Gasteiger partial charge in [-0.3, -0.25) is 4.98 Å². The van der Waals surface area contributed by atoms with E-state index in [0.29, 0.717) is 35.5 Å². The smallest absolute Gasteiger partial charge is 0.321 e. The van der Waals surface area contributed by atoms with Crippen LogP contribution in [0.3, 0.4) is 0 Å². The maximum Gasteiger partial charge on any atom is 0.321 e. The van der Waals surface area contributed by atoms with Crippen LogP contribution in [-0.4, -0.2) is 57.9 Å². The summed E-state index contributed by atoms with van der Waals surface area (Å²) in [7, 11) is 0. The lowest BCUT2D eigenvalue weighted by Crippen LogP contribution is -2.33. The molecule has 2 aromatic heterocycles. The highest BCUT2D eigenvalue weighted by molar-refractivity contribution is 5.98. The number of likely N-dealkylation sites (tertiary alicyclic amines) is 1. The molecule has 0 bridgehead atoms. The van der Waals surface area contributed by atoms with Crippen LogP contribution in [0.15, 0.2) is 42.6 Å². The van der Waals surface area contributed by atoms with E-state index in [0.717, 1.165) is 18.2 Å². The molecular weight excluding hydrogens is 435 g/mol. The van der Waals surface area contributed by atoms with Crippen LogP contribution in [0.4, 0.5) is 29.5 Å². The van der Waals surface area contributed by atoms with Crippen LogP contribution in [0.1, 0.15) is 24.4 Å². The van der Waals surface area contributed by atoms with Gasteiger partial charge in [-0.2, -0.15) is 0 Å². The van der Waals surface area contributed by atoms with Gasteiger partial charge in [0.2, 0.25) is 0 Å². The van der Waals surface area contributed by atoms with Crippen molar-refractivity contribution in [3.05, 3.63) is 59.8 Å². The van der Waals surface area contributed by atoms with Gasteiger partial charge in [-0.15, -0.1) is 0 Å². The minimum Gasteiger partial charge on any atom is -0.391 e. The number of urea groups is 1. The van der Waals surface area contributed by atoms with E-state index in [1.807, 2.05) is 0 Å². The van der Waals surface area contributed by atoms with Crippen LogP contribution in [0.25, 0.3) is 11.0 Å². The zero-order valence-electron chi connectivity index (χ0n) is 17.6. The van der Waals surface area contributed by atoms with Crippen molar-refractivity contribution in [1.82, 2.24) is 14.9 Å². The van der Waals surface area contributed by atoms with Crippen molar-refractivity contribution in [3.63, 3.8) is 0 Å². The minimum absolute atomic E-state index is 0.00795. The molecule has 0 saturated carbocycles. The second-order valence-corrected chi connectivity index (χ2v) is 8.38. The van der Waals surface area contributed by atoms with Crippen LogP contribution >= 0.6 is 0 Å². The molecule has 7 nitrogen and oxygen atoms in total. The number of nitrogens with one attached hydrogen (secondary N) is 1. The summed E-state index contributed by atoms with van der Waals surface area (Å²) in [6, 6.07) is 7.02. The third-order valence-corrected chi connectivity index (χ3v) is 6.12. The third kappa shape index (κ3) is 4.18. The summed E-state index contributed by atoms with van der Waals surface area (Å²) < 4.78 is 42.7. The van der Waals surface area contributed by atoms with E-state index in [1.54, 1.807) is 23.1 Å². The maximum atomic E-state index is 14.5. The standard InChI is InChI=1S/C23H22F3N5O2/c24-13-1-2-17(26)16(9-13)20-10-14(25)11-31(20)21-4-3-18-22(29-21)19(5-7-27-18)28-23(33)30-8-6-15(32)12-30/h1-5,7,9,14-15,20,32H,6,8,10-12H2,(H,27,28,33)/t14-,15?,20+/m0/s1. The molecule has 0 spiro atoms. The number of pyridine rings is 2. The Kier molecular flexibility index (Phi) is 5.53. The molecule has 2 fully saturated rings. The predicted molar refractivity (Wildman–Crippen MR) is 117 cm³/mol. The number of benzene rings is 1. The van der Waals surface area contributed by atoms with Gasteiger partial charge in [-0.25, -0.2) is 22.9 Å². The Balaban J connectivity index is 1.48. The van der Waals surface area contributed by atoms with Gasteiger partial charge in [-0.1, -0.05) is 0 Å². The molecule has 4 heterocycles. The summed E-state index contributed by atoms with van der Waals surface area (Å²) in [5.74, 6) is -0.832. The number of aromatic nitrogens is 2. The number of hydrogen-bond acceptors (Lipinski definition) is 5. The summed E-state index contributed by atoms with van der Waals surface area (Å²) in [6.07, 6.45) is 0.290. The molecule has 3 aromatic rings. The lowest BCUT2D eigenvalue weighted by molar-refractivity contribution is 0.176. The van der Waals surface area contributed by atoms with Gasteiger partial charge >= 0.3 is 6.03 Å². The van der Waals surface area contributed by atoms with Gasteiger partial charge in [0.1, 0.15) is 29.1 Å². The van der Waals surface area contributed by atoms with Gasteiger partial charge in [0, 0.05) is 31.3 Å². The van der Waals surface area contributed by atoms with E-state index >= 15 is 0 Å². The highest BCUT2D eigenvalue weighted by atomic mass is 19.1. The van der Waals surface area contributed by atoms with E-state index in [-0.39, 0.29) is 31.1 Å². The number of alkyl halides is 1. The van der Waals surface area contributed by atoms with Gasteiger partial charge in [0.25, 0.3) is 0 Å². The average Bonchev–Trinajstić information content (AvgIpc) is 3.41. The number of carbonyl (C=O) groups excluding carboxylic acids is 1. The first-order valence-corrected chi connectivity index (χ1v) is 10.7. The lowest BCUT2D eigenvalue weighted by atomic mass is 10.0. The molecule has 1 aromatic carbocycles. The molecule has 0 radical (unpaired) electrons. The molecule has 1 unspecified atom stereocenters. The van der Waals surface area contributed by atoms with E-state index < -0.39 is 30.0 Å². The van der Waals surface area contributed by atoms with E-state index in [1.165, 1.54) is 11.1 Å². The van der Waals surface area contributed by atoms with Crippen molar-refractivity contribution < 1.29 is 23.1 Å². The molecule has 172 valence electrons. The Morgan fingerprint density at radius 3 is 2.79 bits per heavy atom. The van der Waals surface area contributed by atoms with Crippen molar-refractivity contribution in [1.29, 1.82) is 0 Å². The largest absolute Gasteiger partial charge is 0.391 e.